The van der Waals surface area contributed by atoms with E-state index in [9.17, 15) is 19.6 Å². The second kappa shape index (κ2) is 7.78. The van der Waals surface area contributed by atoms with Gasteiger partial charge in [-0.3, -0.25) is 14.4 Å². The van der Waals surface area contributed by atoms with Gasteiger partial charge in [-0.15, -0.1) is 0 Å². The molecule has 0 bridgehead atoms. The monoisotopic (exact) mass is 493 g/mol. The SMILES string of the molecule is COC(=O)C12CCC(C)CC1C1C(=O)C=C3C4(C)CC(C#N)C(=O)C(C)(C)C4CCC3(C)[C@]1(C)CC2. The molecule has 9 atom stereocenters. The molecule has 0 saturated heterocycles. The van der Waals surface area contributed by atoms with Crippen molar-refractivity contribution in [2.45, 2.75) is 92.9 Å². The number of hydrogen-bond acceptors (Lipinski definition) is 5. The maximum absolute atomic E-state index is 14.3. The number of ether oxygens (including phenoxy) is 1. The third-order valence-electron chi connectivity index (χ3n) is 12.6. The summed E-state index contributed by atoms with van der Waals surface area (Å²) in [6.45, 7) is 13.2. The van der Waals surface area contributed by atoms with Crippen molar-refractivity contribution in [2.24, 2.45) is 56.7 Å². The summed E-state index contributed by atoms with van der Waals surface area (Å²) in [4.78, 5) is 40.8. The van der Waals surface area contributed by atoms with Crippen LogP contribution < -0.4 is 0 Å². The Bertz CT molecular complexity index is 1100. The summed E-state index contributed by atoms with van der Waals surface area (Å²) < 4.78 is 5.38. The van der Waals surface area contributed by atoms with E-state index in [1.807, 2.05) is 19.9 Å². The molecule has 5 rings (SSSR count). The molecule has 5 aliphatic carbocycles. The summed E-state index contributed by atoms with van der Waals surface area (Å²) in [7, 11) is 1.49. The zero-order valence-electron chi connectivity index (χ0n) is 23.2. The highest BCUT2D eigenvalue weighted by atomic mass is 16.5. The minimum Gasteiger partial charge on any atom is -0.469 e. The van der Waals surface area contributed by atoms with Crippen LogP contribution >= 0.6 is 0 Å². The number of esters is 1. The van der Waals surface area contributed by atoms with E-state index in [4.69, 9.17) is 4.74 Å². The second-order valence-corrected chi connectivity index (χ2v) is 14.3. The van der Waals surface area contributed by atoms with Crippen molar-refractivity contribution in [1.29, 1.82) is 5.26 Å². The summed E-state index contributed by atoms with van der Waals surface area (Å²) in [5.74, 6) is -0.167. The van der Waals surface area contributed by atoms with Crippen molar-refractivity contribution in [3.05, 3.63) is 11.6 Å². The van der Waals surface area contributed by atoms with E-state index in [1.54, 1.807) is 0 Å². The zero-order chi connectivity index (χ0) is 26.5. The van der Waals surface area contributed by atoms with Gasteiger partial charge in [0.15, 0.2) is 11.6 Å². The molecule has 0 aromatic carbocycles. The van der Waals surface area contributed by atoms with Crippen LogP contribution in [0.15, 0.2) is 11.6 Å². The van der Waals surface area contributed by atoms with Gasteiger partial charge in [0.25, 0.3) is 0 Å². The molecule has 0 heterocycles. The Hall–Kier alpha value is -1.96. The first-order valence-corrected chi connectivity index (χ1v) is 14.0. The molecule has 0 amide bonds. The number of Topliss-reactive ketones (excluding diaryl/α,β-unsaturated/α-hetero) is 1. The third-order valence-corrected chi connectivity index (χ3v) is 12.6. The summed E-state index contributed by atoms with van der Waals surface area (Å²) in [5, 5.41) is 9.91. The summed E-state index contributed by atoms with van der Waals surface area (Å²) >= 11 is 0. The van der Waals surface area contributed by atoms with Gasteiger partial charge in [0, 0.05) is 11.3 Å². The Balaban J connectivity index is 1.66. The topological polar surface area (TPSA) is 84.2 Å². The molecule has 0 N–H and O–H groups in total. The Morgan fingerprint density at radius 1 is 1.06 bits per heavy atom. The second-order valence-electron chi connectivity index (χ2n) is 14.3. The fourth-order valence-corrected chi connectivity index (χ4v) is 10.5. The van der Waals surface area contributed by atoms with Gasteiger partial charge < -0.3 is 4.74 Å². The molecule has 0 aromatic rings. The Labute approximate surface area is 216 Å². The molecule has 4 saturated carbocycles. The number of carbonyl (C=O) groups is 3. The van der Waals surface area contributed by atoms with Crippen LogP contribution in [0.5, 0.6) is 0 Å². The molecule has 196 valence electrons. The van der Waals surface area contributed by atoms with E-state index in [2.05, 4.69) is 33.8 Å². The van der Waals surface area contributed by atoms with Crippen molar-refractivity contribution in [3.63, 3.8) is 0 Å². The van der Waals surface area contributed by atoms with E-state index in [0.717, 1.165) is 44.9 Å². The molecule has 5 nitrogen and oxygen atoms in total. The van der Waals surface area contributed by atoms with Crippen molar-refractivity contribution in [2.75, 3.05) is 7.11 Å². The first-order valence-electron chi connectivity index (χ1n) is 14.0. The Kier molecular flexibility index (Phi) is 5.55. The van der Waals surface area contributed by atoms with E-state index in [-0.39, 0.29) is 51.5 Å². The van der Waals surface area contributed by atoms with Gasteiger partial charge in [0.1, 0.15) is 5.92 Å². The van der Waals surface area contributed by atoms with Crippen molar-refractivity contribution in [1.82, 2.24) is 0 Å². The number of rotatable bonds is 1. The van der Waals surface area contributed by atoms with Crippen LogP contribution in [0.4, 0.5) is 0 Å². The number of hydrogen-bond donors (Lipinski definition) is 0. The molecule has 4 fully saturated rings. The van der Waals surface area contributed by atoms with Gasteiger partial charge in [-0.25, -0.2) is 0 Å². The van der Waals surface area contributed by atoms with E-state index in [0.29, 0.717) is 12.3 Å². The fourth-order valence-electron chi connectivity index (χ4n) is 10.5. The van der Waals surface area contributed by atoms with Crippen LogP contribution in [0.2, 0.25) is 0 Å². The minimum absolute atomic E-state index is 0.00339. The first kappa shape index (κ1) is 25.7. The lowest BCUT2D eigenvalue weighted by molar-refractivity contribution is -0.189. The van der Waals surface area contributed by atoms with Gasteiger partial charge in [-0.1, -0.05) is 47.1 Å². The maximum Gasteiger partial charge on any atom is 0.312 e. The largest absolute Gasteiger partial charge is 0.469 e. The van der Waals surface area contributed by atoms with Gasteiger partial charge in [-0.2, -0.15) is 5.26 Å². The lowest BCUT2D eigenvalue weighted by atomic mass is 9.34. The van der Waals surface area contributed by atoms with E-state index >= 15 is 0 Å². The van der Waals surface area contributed by atoms with E-state index < -0.39 is 16.7 Å². The van der Waals surface area contributed by atoms with Crippen molar-refractivity contribution >= 4 is 17.5 Å². The zero-order valence-corrected chi connectivity index (χ0v) is 23.2. The van der Waals surface area contributed by atoms with Crippen LogP contribution in [0.3, 0.4) is 0 Å². The number of fused-ring (bicyclic) bond motifs is 7. The van der Waals surface area contributed by atoms with Gasteiger partial charge in [0.05, 0.1) is 18.6 Å². The molecule has 0 aliphatic heterocycles. The molecule has 0 spiro atoms. The summed E-state index contributed by atoms with van der Waals surface area (Å²) in [5.41, 5.74) is -0.835. The van der Waals surface area contributed by atoms with Crippen LogP contribution in [-0.2, 0) is 19.1 Å². The Morgan fingerprint density at radius 2 is 1.75 bits per heavy atom. The lowest BCUT2D eigenvalue weighted by Gasteiger charge is -2.69. The quantitative estimate of drug-likeness (QED) is 0.414. The lowest BCUT2D eigenvalue weighted by Crippen LogP contribution is -2.66. The van der Waals surface area contributed by atoms with Crippen LogP contribution in [0.25, 0.3) is 0 Å². The van der Waals surface area contributed by atoms with Crippen molar-refractivity contribution in [3.8, 4) is 6.07 Å². The highest BCUT2D eigenvalue weighted by molar-refractivity contribution is 5.97. The highest BCUT2D eigenvalue weighted by Crippen LogP contribution is 2.74. The summed E-state index contributed by atoms with van der Waals surface area (Å²) in [6.07, 6.45) is 8.57. The smallest absolute Gasteiger partial charge is 0.312 e. The average Bonchev–Trinajstić information content (AvgIpc) is 2.82. The summed E-state index contributed by atoms with van der Waals surface area (Å²) in [6, 6.07) is 2.31. The van der Waals surface area contributed by atoms with Crippen LogP contribution in [0.1, 0.15) is 92.9 Å². The molecule has 5 aliphatic rings. The molecule has 0 aromatic heterocycles. The maximum atomic E-state index is 14.3. The number of nitriles is 1. The van der Waals surface area contributed by atoms with Crippen molar-refractivity contribution < 1.29 is 19.1 Å². The molecule has 8 unspecified atom stereocenters. The standard InChI is InChI=1S/C31H43NO4/c1-18-8-11-31(26(35)36-7)13-12-30(6)24(20(31)14-18)21(33)15-23-28(4)16-19(17-32)25(34)27(2,3)22(28)9-10-29(23,30)5/h15,18-20,22,24H,8-14,16H2,1-7H3/t18?,19?,20?,22?,24?,28?,29?,30-,31?/m1/s1. The third kappa shape index (κ3) is 2.91. The highest BCUT2D eigenvalue weighted by Gasteiger charge is 2.71. The fraction of sp³-hybridized carbons (Fsp3) is 0.806. The molecule has 0 radical (unpaired) electrons. The van der Waals surface area contributed by atoms with Crippen LogP contribution in [0, 0.1) is 68.0 Å². The number of carbonyl (C=O) groups excluding carboxylic acids is 3. The molecule has 36 heavy (non-hydrogen) atoms. The predicted octanol–water partition coefficient (Wildman–Crippen LogP) is 6.07. The van der Waals surface area contributed by atoms with Gasteiger partial charge >= 0.3 is 5.97 Å². The Morgan fingerprint density at radius 3 is 2.39 bits per heavy atom. The molecular weight excluding hydrogens is 450 g/mol. The van der Waals surface area contributed by atoms with Gasteiger partial charge in [0.2, 0.25) is 0 Å². The number of allylic oxidation sites excluding steroid dienone is 2. The normalized spacial score (nSPS) is 49.4. The number of nitrogens with zero attached hydrogens (tertiary/aromatic N) is 1. The van der Waals surface area contributed by atoms with E-state index in [1.165, 1.54) is 12.7 Å². The average molecular weight is 494 g/mol. The van der Waals surface area contributed by atoms with Gasteiger partial charge in [-0.05, 0) is 91.4 Å². The first-order chi connectivity index (χ1) is 16.7. The minimum atomic E-state index is -0.636. The van der Waals surface area contributed by atoms with Crippen LogP contribution in [-0.4, -0.2) is 24.6 Å². The molecule has 5 heteroatoms. The number of ketones is 2. The number of methoxy groups -OCH3 is 1. The predicted molar refractivity (Wildman–Crippen MR) is 136 cm³/mol. The molecular formula is C31H43NO4.